The summed E-state index contributed by atoms with van der Waals surface area (Å²) in [7, 11) is 0. The van der Waals surface area contributed by atoms with Gasteiger partial charge in [0.1, 0.15) is 5.54 Å². The van der Waals surface area contributed by atoms with E-state index in [2.05, 4.69) is 34.6 Å². The third-order valence-corrected chi connectivity index (χ3v) is 17.6. The van der Waals surface area contributed by atoms with Crippen LogP contribution in [0.1, 0.15) is 126 Å². The number of aliphatic hydroxyl groups excluding tert-OH is 1. The number of morpholine rings is 1. The molecule has 0 aromatic rings. The highest BCUT2D eigenvalue weighted by Crippen LogP contribution is 2.89. The molecule has 10 heteroatoms. The SMILES string of the molecule is CC(=O)N(CC1C[C@@H](C)[C@H]2C(O1)[C@H](O)[C@@]1(C)C3CC[C@H]4C(C)(C)[C@@H](O[C@H]5CN(C(=O)CC6CC6)CCO5)CCC45CC35CCC21C)C(C)(C)C(=O)O. The van der Waals surface area contributed by atoms with Crippen LogP contribution in [0.5, 0.6) is 0 Å². The monoisotopic (exact) mass is 726 g/mol. The Balaban J connectivity index is 0.992. The van der Waals surface area contributed by atoms with E-state index in [0.717, 1.165) is 38.5 Å². The van der Waals surface area contributed by atoms with Crippen molar-refractivity contribution >= 4 is 17.8 Å². The van der Waals surface area contributed by atoms with Gasteiger partial charge >= 0.3 is 5.97 Å². The molecular weight excluding hydrogens is 660 g/mol. The van der Waals surface area contributed by atoms with E-state index in [4.69, 9.17) is 14.2 Å². The highest BCUT2D eigenvalue weighted by atomic mass is 16.7. The molecule has 0 radical (unpaired) electrons. The van der Waals surface area contributed by atoms with Gasteiger partial charge in [-0.1, -0.05) is 34.6 Å². The van der Waals surface area contributed by atoms with Gasteiger partial charge in [0.25, 0.3) is 0 Å². The molecule has 6 unspecified atom stereocenters. The lowest BCUT2D eigenvalue weighted by Gasteiger charge is -2.64. The molecule has 0 bridgehead atoms. The fourth-order valence-corrected chi connectivity index (χ4v) is 14.6. The Hall–Kier alpha value is -1.75. The van der Waals surface area contributed by atoms with Gasteiger partial charge in [0.15, 0.2) is 6.29 Å². The second-order valence-electron chi connectivity index (χ2n) is 20.5. The molecule has 8 rings (SSSR count). The number of hydrogen-bond donors (Lipinski definition) is 2. The van der Waals surface area contributed by atoms with Crippen molar-refractivity contribution in [3.05, 3.63) is 0 Å². The van der Waals surface area contributed by atoms with E-state index in [1.807, 2.05) is 4.90 Å². The predicted octanol–water partition coefficient (Wildman–Crippen LogP) is 5.88. The van der Waals surface area contributed by atoms with Crippen molar-refractivity contribution in [1.29, 1.82) is 0 Å². The van der Waals surface area contributed by atoms with Crippen LogP contribution in [-0.4, -0.2) is 100 Å². The van der Waals surface area contributed by atoms with E-state index in [1.165, 1.54) is 37.5 Å². The second kappa shape index (κ2) is 12.1. The third-order valence-electron chi connectivity index (χ3n) is 17.6. The topological polar surface area (TPSA) is 126 Å². The number of carboxylic acid groups (broad SMARTS) is 1. The summed E-state index contributed by atoms with van der Waals surface area (Å²) in [6.07, 6.45) is 10.1. The van der Waals surface area contributed by atoms with E-state index >= 15 is 0 Å². The van der Waals surface area contributed by atoms with E-state index in [1.54, 1.807) is 13.8 Å². The molecule has 8 fully saturated rings. The maximum absolute atomic E-state index is 12.9. The molecule has 0 aromatic carbocycles. The van der Waals surface area contributed by atoms with Gasteiger partial charge < -0.3 is 34.2 Å². The molecule has 2 N–H and O–H groups in total. The summed E-state index contributed by atoms with van der Waals surface area (Å²) >= 11 is 0. The van der Waals surface area contributed by atoms with Gasteiger partial charge in [-0.25, -0.2) is 4.79 Å². The Morgan fingerprint density at radius 2 is 1.67 bits per heavy atom. The van der Waals surface area contributed by atoms with Crippen LogP contribution in [0, 0.1) is 56.7 Å². The van der Waals surface area contributed by atoms with Crippen LogP contribution in [-0.2, 0) is 28.6 Å². The van der Waals surface area contributed by atoms with Gasteiger partial charge in [-0.3, -0.25) is 9.59 Å². The molecule has 8 aliphatic rings. The Morgan fingerprint density at radius 1 is 0.981 bits per heavy atom. The lowest BCUT2D eigenvalue weighted by atomic mass is 9.41. The molecule has 2 amide bonds. The maximum Gasteiger partial charge on any atom is 0.329 e. The number of rotatable bonds is 8. The molecule has 6 aliphatic carbocycles. The number of amides is 2. The van der Waals surface area contributed by atoms with E-state index in [0.29, 0.717) is 43.9 Å². The summed E-state index contributed by atoms with van der Waals surface area (Å²) in [6.45, 7) is 18.5. The zero-order chi connectivity index (χ0) is 37.4. The van der Waals surface area contributed by atoms with E-state index in [-0.39, 0.29) is 81.9 Å². The number of carbonyl (C=O) groups excluding carboxylic acids is 2. The average molecular weight is 727 g/mol. The third kappa shape index (κ3) is 5.11. The van der Waals surface area contributed by atoms with Crippen molar-refractivity contribution in [2.75, 3.05) is 26.2 Å². The fraction of sp³-hybridized carbons (Fsp3) is 0.929. The number of fused-ring (bicyclic) bond motifs is 4. The minimum atomic E-state index is -1.35. The second-order valence-corrected chi connectivity index (χ2v) is 20.5. The Morgan fingerprint density at radius 3 is 2.35 bits per heavy atom. The molecule has 2 saturated heterocycles. The van der Waals surface area contributed by atoms with Crippen LogP contribution in [0.4, 0.5) is 0 Å². The van der Waals surface area contributed by atoms with Gasteiger partial charge in [-0.15, -0.1) is 0 Å². The van der Waals surface area contributed by atoms with E-state index in [9.17, 15) is 24.6 Å². The molecular formula is C42H66N2O8. The van der Waals surface area contributed by atoms with Crippen molar-refractivity contribution in [3.8, 4) is 0 Å². The van der Waals surface area contributed by atoms with Crippen molar-refractivity contribution in [2.24, 2.45) is 56.7 Å². The van der Waals surface area contributed by atoms with Gasteiger partial charge in [0.05, 0.1) is 37.6 Å². The summed E-state index contributed by atoms with van der Waals surface area (Å²) in [5, 5.41) is 22.6. The average Bonchev–Trinajstić information content (AvgIpc) is 4.00. The molecule has 292 valence electrons. The molecule has 13 atom stereocenters. The number of nitrogens with zero attached hydrogens (tertiary/aromatic N) is 2. The minimum absolute atomic E-state index is 0.0303. The predicted molar refractivity (Wildman–Crippen MR) is 194 cm³/mol. The van der Waals surface area contributed by atoms with Crippen LogP contribution in [0.25, 0.3) is 0 Å². The quantitative estimate of drug-likeness (QED) is 0.318. The molecule has 0 aromatic heterocycles. The standard InChI is InChI=1S/C42H66N2O8/c1-24-19-27(21-44(25(2)45)38(5,6)36(48)49)51-34-33(24)39(7)15-16-42-23-41(42)14-13-30(37(3,4)28(41)11-12-29(42)40(39,8)35(34)47)52-32-22-43(17-18-50-32)31(46)20-26-9-10-26/h24,26-30,32-35,47H,9-23H2,1-8H3,(H,48,49)/t24-,27?,28+,29?,30+,32+,33+,34?,35+,39?,40-,41?,42?/m1/s1. The Kier molecular flexibility index (Phi) is 8.67. The molecule has 52 heavy (non-hydrogen) atoms. The molecule has 2 spiro atoms. The number of aliphatic carboxylic acids is 1. The number of carboxylic acids is 1. The summed E-state index contributed by atoms with van der Waals surface area (Å²) in [5.41, 5.74) is -1.28. The first kappa shape index (κ1) is 37.2. The number of ether oxygens (including phenoxy) is 3. The normalized spacial score (nSPS) is 47.6. The van der Waals surface area contributed by atoms with Crippen LogP contribution in [0.2, 0.25) is 0 Å². The fourth-order valence-electron chi connectivity index (χ4n) is 14.6. The van der Waals surface area contributed by atoms with Crippen LogP contribution in [0.15, 0.2) is 0 Å². The van der Waals surface area contributed by atoms with Crippen molar-refractivity contribution < 1.29 is 38.8 Å². The summed E-state index contributed by atoms with van der Waals surface area (Å²) in [5.74, 6) is 0.940. The van der Waals surface area contributed by atoms with Gasteiger partial charge in [0, 0.05) is 31.8 Å². The molecule has 6 saturated carbocycles. The number of hydrogen-bond acceptors (Lipinski definition) is 7. The molecule has 2 heterocycles. The Bertz CT molecular complexity index is 1480. The van der Waals surface area contributed by atoms with Crippen molar-refractivity contribution in [3.63, 3.8) is 0 Å². The highest BCUT2D eigenvalue weighted by molar-refractivity contribution is 5.85. The van der Waals surface area contributed by atoms with Gasteiger partial charge in [-0.2, -0.15) is 0 Å². The van der Waals surface area contributed by atoms with Gasteiger partial charge in [-0.05, 0) is 129 Å². The van der Waals surface area contributed by atoms with Crippen molar-refractivity contribution in [1.82, 2.24) is 9.80 Å². The Labute approximate surface area is 311 Å². The van der Waals surface area contributed by atoms with Crippen LogP contribution < -0.4 is 0 Å². The molecule has 2 aliphatic heterocycles. The van der Waals surface area contributed by atoms with Crippen molar-refractivity contribution in [2.45, 2.75) is 162 Å². The minimum Gasteiger partial charge on any atom is -0.480 e. The first-order chi connectivity index (χ1) is 24.3. The molecule has 10 nitrogen and oxygen atoms in total. The summed E-state index contributed by atoms with van der Waals surface area (Å²) in [4.78, 5) is 41.2. The summed E-state index contributed by atoms with van der Waals surface area (Å²) in [6, 6.07) is 0. The lowest BCUT2D eigenvalue weighted by molar-refractivity contribution is -0.248. The maximum atomic E-state index is 12.9. The first-order valence-electron chi connectivity index (χ1n) is 20.7. The van der Waals surface area contributed by atoms with E-state index < -0.39 is 17.6 Å². The van der Waals surface area contributed by atoms with Crippen LogP contribution >= 0.6 is 0 Å². The van der Waals surface area contributed by atoms with Crippen LogP contribution in [0.3, 0.4) is 0 Å². The van der Waals surface area contributed by atoms with Gasteiger partial charge in [0.2, 0.25) is 11.8 Å². The zero-order valence-corrected chi connectivity index (χ0v) is 33.1. The smallest absolute Gasteiger partial charge is 0.329 e. The highest BCUT2D eigenvalue weighted by Gasteiger charge is 2.84. The summed E-state index contributed by atoms with van der Waals surface area (Å²) < 4.78 is 19.9. The first-order valence-corrected chi connectivity index (χ1v) is 20.7. The number of aliphatic hydroxyl groups is 1. The lowest BCUT2D eigenvalue weighted by Crippen LogP contribution is -2.60. The zero-order valence-electron chi connectivity index (χ0n) is 33.1. The number of carbonyl (C=O) groups is 3. The largest absolute Gasteiger partial charge is 0.480 e.